The molecule has 0 bridgehead atoms. The predicted octanol–water partition coefficient (Wildman–Crippen LogP) is 2.83. The average molecular weight is 367 g/mol. The van der Waals surface area contributed by atoms with Crippen LogP contribution >= 0.6 is 0 Å². The molecule has 2 aromatic rings. The second kappa shape index (κ2) is 7.80. The predicted molar refractivity (Wildman–Crippen MR) is 107 cm³/mol. The minimum atomic E-state index is -0.141. The number of likely N-dealkylation sites (tertiary alicyclic amines) is 1. The molecule has 2 aliphatic rings. The average Bonchev–Trinajstić information content (AvgIpc) is 3.44. The summed E-state index contributed by atoms with van der Waals surface area (Å²) in [5.74, 6) is 0.633. The van der Waals surface area contributed by atoms with E-state index in [0.717, 1.165) is 24.3 Å². The summed E-state index contributed by atoms with van der Waals surface area (Å²) in [6.07, 6.45) is 9.04. The van der Waals surface area contributed by atoms with Crippen LogP contribution in [0.1, 0.15) is 55.8 Å². The molecule has 1 saturated carbocycles. The van der Waals surface area contributed by atoms with E-state index < -0.39 is 0 Å². The van der Waals surface area contributed by atoms with Crippen molar-refractivity contribution in [1.82, 2.24) is 19.7 Å². The quantitative estimate of drug-likeness (QED) is 0.851. The number of piperidine rings is 1. The Kier molecular flexibility index (Phi) is 5.25. The van der Waals surface area contributed by atoms with Crippen LogP contribution in [0.2, 0.25) is 0 Å². The fourth-order valence-corrected chi connectivity index (χ4v) is 4.07. The Balaban J connectivity index is 1.50. The molecule has 1 saturated heterocycles. The SMILES string of the molecule is CC(Cc1ccccnc1=O)Nc1cnn(C2CCN(C)CC2)c1C1CC1. The van der Waals surface area contributed by atoms with Gasteiger partial charge in [-0.15, -0.1) is 0 Å². The van der Waals surface area contributed by atoms with Crippen LogP contribution in [0.4, 0.5) is 5.69 Å². The van der Waals surface area contributed by atoms with E-state index >= 15 is 0 Å². The van der Waals surface area contributed by atoms with Gasteiger partial charge in [0.25, 0.3) is 5.56 Å². The Hall–Kier alpha value is -2.21. The molecule has 0 radical (unpaired) electrons. The zero-order valence-corrected chi connectivity index (χ0v) is 16.3. The van der Waals surface area contributed by atoms with Crippen LogP contribution in [0.5, 0.6) is 0 Å². The first-order valence-corrected chi connectivity index (χ1v) is 10.1. The van der Waals surface area contributed by atoms with Gasteiger partial charge in [-0.3, -0.25) is 9.48 Å². The van der Waals surface area contributed by atoms with E-state index in [4.69, 9.17) is 5.10 Å². The third-order valence-corrected chi connectivity index (χ3v) is 5.72. The summed E-state index contributed by atoms with van der Waals surface area (Å²) in [4.78, 5) is 18.4. The lowest BCUT2D eigenvalue weighted by molar-refractivity contribution is 0.210. The molecule has 4 rings (SSSR count). The number of rotatable bonds is 6. The van der Waals surface area contributed by atoms with E-state index in [1.807, 2.05) is 18.3 Å². The maximum Gasteiger partial charge on any atom is 0.272 e. The van der Waals surface area contributed by atoms with E-state index in [-0.39, 0.29) is 11.6 Å². The van der Waals surface area contributed by atoms with Crippen LogP contribution in [-0.2, 0) is 6.42 Å². The molecule has 6 nitrogen and oxygen atoms in total. The lowest BCUT2D eigenvalue weighted by Gasteiger charge is -2.30. The fourth-order valence-electron chi connectivity index (χ4n) is 4.07. The van der Waals surface area contributed by atoms with Crippen LogP contribution < -0.4 is 10.9 Å². The van der Waals surface area contributed by atoms with Gasteiger partial charge in [-0.2, -0.15) is 5.10 Å². The maximum atomic E-state index is 12.1. The van der Waals surface area contributed by atoms with Crippen molar-refractivity contribution in [3.63, 3.8) is 0 Å². The molecular formula is C21H29N5O. The van der Waals surface area contributed by atoms with Crippen molar-refractivity contribution in [2.75, 3.05) is 25.5 Å². The Bertz CT molecular complexity index is 836. The molecule has 0 spiro atoms. The van der Waals surface area contributed by atoms with Crippen LogP contribution in [-0.4, -0.2) is 45.8 Å². The minimum absolute atomic E-state index is 0.141. The summed E-state index contributed by atoms with van der Waals surface area (Å²) in [5, 5.41) is 8.40. The highest BCUT2D eigenvalue weighted by atomic mass is 16.1. The van der Waals surface area contributed by atoms with Crippen molar-refractivity contribution in [2.45, 2.75) is 57.0 Å². The highest BCUT2D eigenvalue weighted by molar-refractivity contribution is 5.51. The molecule has 1 aliphatic carbocycles. The number of aromatic nitrogens is 3. The van der Waals surface area contributed by atoms with Crippen LogP contribution in [0.15, 0.2) is 35.4 Å². The molecule has 2 fully saturated rings. The summed E-state index contributed by atoms with van der Waals surface area (Å²) in [5.41, 5.74) is 3.12. The molecule has 27 heavy (non-hydrogen) atoms. The monoisotopic (exact) mass is 367 g/mol. The van der Waals surface area contributed by atoms with Gasteiger partial charge in [-0.1, -0.05) is 12.1 Å². The second-order valence-corrected chi connectivity index (χ2v) is 8.11. The molecule has 0 aromatic carbocycles. The second-order valence-electron chi connectivity index (χ2n) is 8.11. The van der Waals surface area contributed by atoms with Crippen molar-refractivity contribution in [3.05, 3.63) is 52.2 Å². The van der Waals surface area contributed by atoms with Crippen molar-refractivity contribution < 1.29 is 0 Å². The van der Waals surface area contributed by atoms with Crippen LogP contribution in [0.3, 0.4) is 0 Å². The zero-order chi connectivity index (χ0) is 18.8. The van der Waals surface area contributed by atoms with Crippen molar-refractivity contribution in [1.29, 1.82) is 0 Å². The summed E-state index contributed by atoms with van der Waals surface area (Å²) in [6.45, 7) is 4.40. The Morgan fingerprint density at radius 3 is 2.74 bits per heavy atom. The van der Waals surface area contributed by atoms with Crippen LogP contribution in [0, 0.1) is 0 Å². The summed E-state index contributed by atoms with van der Waals surface area (Å²) in [6, 6.07) is 6.20. The van der Waals surface area contributed by atoms with E-state index in [0.29, 0.717) is 18.4 Å². The molecule has 6 heteroatoms. The van der Waals surface area contributed by atoms with Crippen molar-refractivity contribution in [3.8, 4) is 0 Å². The van der Waals surface area contributed by atoms with Crippen LogP contribution in [0.25, 0.3) is 0 Å². The summed E-state index contributed by atoms with van der Waals surface area (Å²) < 4.78 is 2.29. The first-order chi connectivity index (χ1) is 13.1. The van der Waals surface area contributed by atoms with Gasteiger partial charge in [0.2, 0.25) is 0 Å². The molecular weight excluding hydrogens is 338 g/mol. The highest BCUT2D eigenvalue weighted by Gasteiger charge is 2.33. The normalized spacial score (nSPS) is 19.8. The molecule has 1 unspecified atom stereocenters. The van der Waals surface area contributed by atoms with Crippen molar-refractivity contribution in [2.24, 2.45) is 0 Å². The third kappa shape index (κ3) is 4.21. The molecule has 1 N–H and O–H groups in total. The molecule has 0 amide bonds. The van der Waals surface area contributed by atoms with Gasteiger partial charge in [0, 0.05) is 23.7 Å². The summed E-state index contributed by atoms with van der Waals surface area (Å²) >= 11 is 0. The molecule has 3 heterocycles. The van der Waals surface area contributed by atoms with Crippen molar-refractivity contribution >= 4 is 5.69 Å². The number of hydrogen-bond donors (Lipinski definition) is 1. The maximum absolute atomic E-state index is 12.1. The highest BCUT2D eigenvalue weighted by Crippen LogP contribution is 2.45. The van der Waals surface area contributed by atoms with Gasteiger partial charge in [-0.05, 0) is 65.2 Å². The Morgan fingerprint density at radius 2 is 2.00 bits per heavy atom. The fraction of sp³-hybridized carbons (Fsp3) is 0.571. The van der Waals surface area contributed by atoms with Gasteiger partial charge in [0.15, 0.2) is 0 Å². The first kappa shape index (κ1) is 18.2. The standard InChI is InChI=1S/C21H29N5O/c1-15(13-17-5-3-4-10-22-21(17)27)24-19-14-23-26(20(19)16-6-7-16)18-8-11-25(2)12-9-18/h3-5,10,14-16,18,24H,6-9,11-13H2,1-2H3. The number of nitrogens with zero attached hydrogens (tertiary/aromatic N) is 4. The van der Waals surface area contributed by atoms with Gasteiger partial charge in [0.1, 0.15) is 0 Å². The largest absolute Gasteiger partial charge is 0.379 e. The molecule has 144 valence electrons. The molecule has 1 aliphatic heterocycles. The lowest BCUT2D eigenvalue weighted by Crippen LogP contribution is -2.32. The van der Waals surface area contributed by atoms with Gasteiger partial charge >= 0.3 is 0 Å². The van der Waals surface area contributed by atoms with E-state index in [9.17, 15) is 4.79 Å². The van der Waals surface area contributed by atoms with Gasteiger partial charge in [-0.25, -0.2) is 4.98 Å². The minimum Gasteiger partial charge on any atom is -0.379 e. The number of hydrogen-bond acceptors (Lipinski definition) is 5. The topological polar surface area (TPSA) is 63.1 Å². The third-order valence-electron chi connectivity index (χ3n) is 5.72. The first-order valence-electron chi connectivity index (χ1n) is 10.1. The van der Waals surface area contributed by atoms with E-state index in [1.54, 1.807) is 12.3 Å². The molecule has 2 aromatic heterocycles. The lowest BCUT2D eigenvalue weighted by atomic mass is 10.0. The van der Waals surface area contributed by atoms with Gasteiger partial charge < -0.3 is 10.2 Å². The molecule has 1 atom stereocenters. The smallest absolute Gasteiger partial charge is 0.272 e. The Morgan fingerprint density at radius 1 is 1.22 bits per heavy atom. The Labute approximate surface area is 160 Å². The zero-order valence-electron chi connectivity index (χ0n) is 16.3. The van der Waals surface area contributed by atoms with E-state index in [1.165, 1.54) is 31.4 Å². The number of anilines is 1. The van der Waals surface area contributed by atoms with Gasteiger partial charge in [0.05, 0.1) is 23.6 Å². The van der Waals surface area contributed by atoms with E-state index in [2.05, 4.69) is 33.9 Å². The number of nitrogens with one attached hydrogen (secondary N) is 1. The summed E-state index contributed by atoms with van der Waals surface area (Å²) in [7, 11) is 2.19.